The van der Waals surface area contributed by atoms with Crippen LogP contribution in [0.2, 0.25) is 0 Å². The van der Waals surface area contributed by atoms with E-state index in [0.29, 0.717) is 16.6 Å². The van der Waals surface area contributed by atoms with Crippen LogP contribution in [-0.2, 0) is 11.8 Å². The predicted molar refractivity (Wildman–Crippen MR) is 85.2 cm³/mol. The van der Waals surface area contributed by atoms with Crippen molar-refractivity contribution in [3.05, 3.63) is 53.0 Å². The molecule has 2 aromatic heterocycles. The van der Waals surface area contributed by atoms with Gasteiger partial charge in [0.05, 0.1) is 16.8 Å². The number of benzene rings is 1. The Morgan fingerprint density at radius 2 is 2.00 bits per heavy atom. The van der Waals surface area contributed by atoms with Crippen molar-refractivity contribution >= 4 is 16.9 Å². The van der Waals surface area contributed by atoms with Crippen molar-refractivity contribution in [3.8, 4) is 0 Å². The Morgan fingerprint density at radius 1 is 1.28 bits per heavy atom. The van der Waals surface area contributed by atoms with E-state index in [1.807, 2.05) is 0 Å². The lowest BCUT2D eigenvalue weighted by Crippen LogP contribution is -2.27. The number of carbonyl (C=O) groups is 1. The Bertz CT molecular complexity index is 940. The highest BCUT2D eigenvalue weighted by molar-refractivity contribution is 6.03. The van der Waals surface area contributed by atoms with Crippen molar-refractivity contribution in [2.45, 2.75) is 26.1 Å². The van der Waals surface area contributed by atoms with Gasteiger partial charge in [-0.2, -0.15) is 18.3 Å². The monoisotopic (exact) mass is 351 g/mol. The number of halogens is 3. The molecule has 0 aliphatic carbocycles. The van der Waals surface area contributed by atoms with Crippen LogP contribution in [0, 0.1) is 13.8 Å². The van der Waals surface area contributed by atoms with Gasteiger partial charge in [0.2, 0.25) is 6.10 Å². The highest BCUT2D eigenvalue weighted by atomic mass is 19.4. The van der Waals surface area contributed by atoms with Crippen molar-refractivity contribution in [1.29, 1.82) is 0 Å². The quantitative estimate of drug-likeness (QED) is 0.726. The van der Waals surface area contributed by atoms with E-state index in [1.54, 1.807) is 31.4 Å². The summed E-state index contributed by atoms with van der Waals surface area (Å²) in [6, 6.07) is 6.50. The van der Waals surface area contributed by atoms with Crippen LogP contribution < -0.4 is 0 Å². The third-order valence-electron chi connectivity index (χ3n) is 4.16. The predicted octanol–water partition coefficient (Wildman–Crippen LogP) is 3.98. The van der Waals surface area contributed by atoms with E-state index in [1.165, 1.54) is 24.6 Å². The fraction of sp³-hybridized carbons (Fsp3) is 0.294. The SMILES string of the molecule is Cc1nn(C)c(C)c1[C@@H](OC(=O)c1cccc2cc[nH]c12)C(F)(F)F. The Kier molecular flexibility index (Phi) is 4.06. The van der Waals surface area contributed by atoms with Crippen LogP contribution in [-0.4, -0.2) is 26.9 Å². The number of ether oxygens (including phenoxy) is 1. The molecular formula is C17H16F3N3O2. The molecule has 0 aliphatic heterocycles. The number of fused-ring (bicyclic) bond motifs is 1. The maximum atomic E-state index is 13.6. The van der Waals surface area contributed by atoms with Crippen LogP contribution in [0.25, 0.3) is 10.9 Å². The number of nitrogens with zero attached hydrogens (tertiary/aromatic N) is 2. The molecule has 1 N–H and O–H groups in total. The van der Waals surface area contributed by atoms with E-state index < -0.39 is 18.2 Å². The molecule has 0 saturated carbocycles. The summed E-state index contributed by atoms with van der Waals surface area (Å²) in [5.74, 6) is -1.04. The highest BCUT2D eigenvalue weighted by Crippen LogP contribution is 2.39. The summed E-state index contributed by atoms with van der Waals surface area (Å²) in [6.45, 7) is 2.97. The van der Waals surface area contributed by atoms with Crippen molar-refractivity contribution < 1.29 is 22.7 Å². The number of aromatic amines is 1. The summed E-state index contributed by atoms with van der Waals surface area (Å²) in [5.41, 5.74) is 0.824. The second kappa shape index (κ2) is 5.94. The molecule has 1 aromatic carbocycles. The van der Waals surface area contributed by atoms with Crippen LogP contribution in [0.5, 0.6) is 0 Å². The number of esters is 1. The van der Waals surface area contributed by atoms with Crippen LogP contribution in [0.3, 0.4) is 0 Å². The van der Waals surface area contributed by atoms with Crippen molar-refractivity contribution in [1.82, 2.24) is 14.8 Å². The lowest BCUT2D eigenvalue weighted by atomic mass is 10.1. The van der Waals surface area contributed by atoms with Gasteiger partial charge in [0.1, 0.15) is 0 Å². The number of hydrogen-bond donors (Lipinski definition) is 1. The van der Waals surface area contributed by atoms with Gasteiger partial charge in [0, 0.05) is 29.9 Å². The second-order valence-corrected chi connectivity index (χ2v) is 5.78. The number of aryl methyl sites for hydroxylation is 2. The Balaban J connectivity index is 2.02. The molecular weight excluding hydrogens is 335 g/mol. The fourth-order valence-electron chi connectivity index (χ4n) is 2.88. The molecule has 132 valence electrons. The maximum absolute atomic E-state index is 13.6. The van der Waals surface area contributed by atoms with Crippen LogP contribution in [0.1, 0.15) is 33.4 Å². The average molecular weight is 351 g/mol. The maximum Gasteiger partial charge on any atom is 0.430 e. The van der Waals surface area contributed by atoms with Gasteiger partial charge in [-0.05, 0) is 26.0 Å². The van der Waals surface area contributed by atoms with Gasteiger partial charge < -0.3 is 9.72 Å². The lowest BCUT2D eigenvalue weighted by Gasteiger charge is -2.21. The number of nitrogens with one attached hydrogen (secondary N) is 1. The van der Waals surface area contributed by atoms with Gasteiger partial charge in [-0.1, -0.05) is 12.1 Å². The molecule has 5 nitrogen and oxygen atoms in total. The van der Waals surface area contributed by atoms with E-state index in [9.17, 15) is 18.0 Å². The van der Waals surface area contributed by atoms with Crippen molar-refractivity contribution in [3.63, 3.8) is 0 Å². The first-order chi connectivity index (χ1) is 11.7. The minimum absolute atomic E-state index is 0.0518. The topological polar surface area (TPSA) is 59.9 Å². The van der Waals surface area contributed by atoms with E-state index >= 15 is 0 Å². The minimum Gasteiger partial charge on any atom is -0.444 e. The molecule has 0 fully saturated rings. The molecule has 3 aromatic rings. The summed E-state index contributed by atoms with van der Waals surface area (Å²) in [5, 5.41) is 4.70. The van der Waals surface area contributed by atoms with Crippen molar-refractivity contribution in [2.75, 3.05) is 0 Å². The summed E-state index contributed by atoms with van der Waals surface area (Å²) in [7, 11) is 1.54. The summed E-state index contributed by atoms with van der Waals surface area (Å²) in [4.78, 5) is 15.3. The largest absolute Gasteiger partial charge is 0.444 e. The standard InChI is InChI=1S/C17H16F3N3O2/c1-9-13(10(2)23(3)22-9)15(17(18,19)20)25-16(24)12-6-4-5-11-7-8-21-14(11)12/h4-8,15,21H,1-3H3/t15-/m1/s1. The molecule has 0 aliphatic rings. The number of aromatic nitrogens is 3. The van der Waals surface area contributed by atoms with Gasteiger partial charge in [-0.25, -0.2) is 4.79 Å². The first-order valence-electron chi connectivity index (χ1n) is 7.54. The van der Waals surface area contributed by atoms with Crippen LogP contribution in [0.15, 0.2) is 30.5 Å². The summed E-state index contributed by atoms with van der Waals surface area (Å²) in [6.07, 6.45) is -5.52. The van der Waals surface area contributed by atoms with Crippen molar-refractivity contribution in [2.24, 2.45) is 7.05 Å². The van der Waals surface area contributed by atoms with Crippen LogP contribution in [0.4, 0.5) is 13.2 Å². The molecule has 2 heterocycles. The van der Waals surface area contributed by atoms with Gasteiger partial charge in [-0.3, -0.25) is 4.68 Å². The van der Waals surface area contributed by atoms with E-state index in [0.717, 1.165) is 0 Å². The summed E-state index contributed by atoms with van der Waals surface area (Å²) < 4.78 is 47.0. The van der Waals surface area contributed by atoms with E-state index in [4.69, 9.17) is 4.74 Å². The Morgan fingerprint density at radius 3 is 2.60 bits per heavy atom. The minimum atomic E-state index is -4.75. The second-order valence-electron chi connectivity index (χ2n) is 5.78. The zero-order valence-corrected chi connectivity index (χ0v) is 13.8. The molecule has 8 heteroatoms. The molecule has 1 atom stereocenters. The molecule has 0 radical (unpaired) electrons. The number of carbonyl (C=O) groups excluding carboxylic acids is 1. The number of alkyl halides is 3. The first-order valence-corrected chi connectivity index (χ1v) is 7.54. The molecule has 0 spiro atoms. The average Bonchev–Trinajstić information content (AvgIpc) is 3.09. The molecule has 3 rings (SSSR count). The number of rotatable bonds is 3. The molecule has 0 saturated heterocycles. The number of para-hydroxylation sites is 1. The van der Waals surface area contributed by atoms with Gasteiger partial charge in [0.25, 0.3) is 0 Å². The van der Waals surface area contributed by atoms with Gasteiger partial charge >= 0.3 is 12.1 Å². The molecule has 25 heavy (non-hydrogen) atoms. The van der Waals surface area contributed by atoms with E-state index in [-0.39, 0.29) is 16.8 Å². The smallest absolute Gasteiger partial charge is 0.430 e. The summed E-state index contributed by atoms with van der Waals surface area (Å²) >= 11 is 0. The third-order valence-corrected chi connectivity index (χ3v) is 4.16. The zero-order valence-electron chi connectivity index (χ0n) is 13.8. The van der Waals surface area contributed by atoms with Crippen LogP contribution >= 0.6 is 0 Å². The number of hydrogen-bond acceptors (Lipinski definition) is 3. The third kappa shape index (κ3) is 2.99. The Hall–Kier alpha value is -2.77. The molecule has 0 unspecified atom stereocenters. The lowest BCUT2D eigenvalue weighted by molar-refractivity contribution is -0.207. The highest BCUT2D eigenvalue weighted by Gasteiger charge is 2.47. The number of H-pyrrole nitrogens is 1. The van der Waals surface area contributed by atoms with Gasteiger partial charge in [-0.15, -0.1) is 0 Å². The van der Waals surface area contributed by atoms with E-state index in [2.05, 4.69) is 10.1 Å². The fourth-order valence-corrected chi connectivity index (χ4v) is 2.88. The molecule has 0 bridgehead atoms. The molecule has 0 amide bonds. The Labute approximate surface area is 141 Å². The first kappa shape index (κ1) is 17.1. The van der Waals surface area contributed by atoms with Gasteiger partial charge in [0.15, 0.2) is 0 Å². The normalized spacial score (nSPS) is 13.2. The zero-order chi connectivity index (χ0) is 18.4.